The predicted molar refractivity (Wildman–Crippen MR) is 60.0 cm³/mol. The van der Waals surface area contributed by atoms with Gasteiger partial charge in [0.15, 0.2) is 0 Å². The van der Waals surface area contributed by atoms with E-state index in [1.807, 2.05) is 18.2 Å². The van der Waals surface area contributed by atoms with Gasteiger partial charge in [-0.25, -0.2) is 4.79 Å². The molecule has 0 saturated carbocycles. The van der Waals surface area contributed by atoms with Crippen LogP contribution in [0.15, 0.2) is 35.3 Å². The van der Waals surface area contributed by atoms with Crippen LogP contribution in [-0.2, 0) is 0 Å². The monoisotopic (exact) mass is 220 g/mol. The smallest absolute Gasteiger partial charge is 0.312 e. The lowest BCUT2D eigenvalue weighted by atomic mass is 10.1. The van der Waals surface area contributed by atoms with Crippen molar-refractivity contribution in [1.29, 1.82) is 0 Å². The Morgan fingerprint density at radius 1 is 1.40 bits per heavy atom. The van der Waals surface area contributed by atoms with Gasteiger partial charge in [-0.15, -0.1) is 0 Å². The fraction of sp³-hybridized carbons (Fsp3) is 0.0909. The molecule has 3 nitrogen and oxygen atoms in total. The zero-order valence-electron chi connectivity index (χ0n) is 8.12. The van der Waals surface area contributed by atoms with Crippen molar-refractivity contribution in [1.82, 2.24) is 9.97 Å². The maximum absolute atomic E-state index is 10.9. The van der Waals surface area contributed by atoms with E-state index in [0.29, 0.717) is 10.7 Å². The SMILES string of the molecule is Cc1nc(=O)[nH]cc1-c1cccc(Cl)c1. The second kappa shape index (κ2) is 3.87. The van der Waals surface area contributed by atoms with Crippen molar-refractivity contribution < 1.29 is 0 Å². The standard InChI is InChI=1S/C11H9ClN2O/c1-7-10(6-13-11(15)14-7)8-3-2-4-9(12)5-8/h2-6H,1H3,(H,13,14,15). The largest absolute Gasteiger partial charge is 0.345 e. The third kappa shape index (κ3) is 2.07. The summed E-state index contributed by atoms with van der Waals surface area (Å²) in [4.78, 5) is 17.3. The molecule has 0 atom stereocenters. The van der Waals surface area contributed by atoms with E-state index in [1.165, 1.54) is 0 Å². The number of hydrogen-bond donors (Lipinski definition) is 1. The van der Waals surface area contributed by atoms with Gasteiger partial charge in [0.05, 0.1) is 5.69 Å². The lowest BCUT2D eigenvalue weighted by Crippen LogP contribution is -2.11. The summed E-state index contributed by atoms with van der Waals surface area (Å²) in [5.41, 5.74) is 2.19. The van der Waals surface area contributed by atoms with Gasteiger partial charge >= 0.3 is 5.69 Å². The van der Waals surface area contributed by atoms with Crippen LogP contribution < -0.4 is 5.69 Å². The molecule has 4 heteroatoms. The van der Waals surface area contributed by atoms with Gasteiger partial charge in [-0.05, 0) is 24.6 Å². The molecule has 0 radical (unpaired) electrons. The fourth-order valence-electron chi connectivity index (χ4n) is 1.43. The van der Waals surface area contributed by atoms with Crippen molar-refractivity contribution in [2.75, 3.05) is 0 Å². The second-order valence-corrected chi connectivity index (χ2v) is 3.65. The quantitative estimate of drug-likeness (QED) is 0.802. The lowest BCUT2D eigenvalue weighted by Gasteiger charge is -2.03. The van der Waals surface area contributed by atoms with Crippen LogP contribution in [0.25, 0.3) is 11.1 Å². The van der Waals surface area contributed by atoms with Crippen LogP contribution in [0.4, 0.5) is 0 Å². The van der Waals surface area contributed by atoms with E-state index in [-0.39, 0.29) is 5.69 Å². The summed E-state index contributed by atoms with van der Waals surface area (Å²) in [7, 11) is 0. The summed E-state index contributed by atoms with van der Waals surface area (Å²) in [6.07, 6.45) is 1.65. The first-order valence-electron chi connectivity index (χ1n) is 4.49. The molecule has 0 aliphatic heterocycles. The van der Waals surface area contributed by atoms with E-state index in [0.717, 1.165) is 11.1 Å². The van der Waals surface area contributed by atoms with Gasteiger partial charge in [-0.2, -0.15) is 4.98 Å². The Morgan fingerprint density at radius 2 is 2.20 bits per heavy atom. The van der Waals surface area contributed by atoms with Crippen molar-refractivity contribution in [3.05, 3.63) is 51.7 Å². The molecule has 1 aromatic heterocycles. The van der Waals surface area contributed by atoms with Crippen LogP contribution in [0.2, 0.25) is 5.02 Å². The van der Waals surface area contributed by atoms with Crippen LogP contribution in [0.3, 0.4) is 0 Å². The van der Waals surface area contributed by atoms with Crippen molar-refractivity contribution in [2.45, 2.75) is 6.92 Å². The van der Waals surface area contributed by atoms with Gasteiger partial charge in [0.2, 0.25) is 0 Å². The summed E-state index contributed by atoms with van der Waals surface area (Å²) in [6.45, 7) is 1.80. The van der Waals surface area contributed by atoms with E-state index in [9.17, 15) is 4.79 Å². The average Bonchev–Trinajstić information content (AvgIpc) is 2.17. The molecule has 2 aromatic rings. The molecule has 1 heterocycles. The summed E-state index contributed by atoms with van der Waals surface area (Å²) >= 11 is 5.89. The topological polar surface area (TPSA) is 45.8 Å². The fourth-order valence-corrected chi connectivity index (χ4v) is 1.62. The number of rotatable bonds is 1. The Morgan fingerprint density at radius 3 is 2.87 bits per heavy atom. The molecule has 76 valence electrons. The zero-order valence-corrected chi connectivity index (χ0v) is 8.88. The van der Waals surface area contributed by atoms with Gasteiger partial charge in [0.25, 0.3) is 0 Å². The molecule has 0 amide bonds. The number of halogens is 1. The summed E-state index contributed by atoms with van der Waals surface area (Å²) in [5.74, 6) is 0. The number of aryl methyl sites for hydroxylation is 1. The number of aromatic nitrogens is 2. The molecule has 0 unspecified atom stereocenters. The van der Waals surface area contributed by atoms with Gasteiger partial charge in [-0.3, -0.25) is 0 Å². The number of H-pyrrole nitrogens is 1. The van der Waals surface area contributed by atoms with Crippen LogP contribution in [0, 0.1) is 6.92 Å². The number of aromatic amines is 1. The lowest BCUT2D eigenvalue weighted by molar-refractivity contribution is 1.03. The second-order valence-electron chi connectivity index (χ2n) is 3.22. The zero-order chi connectivity index (χ0) is 10.8. The normalized spacial score (nSPS) is 10.3. The molecule has 0 spiro atoms. The van der Waals surface area contributed by atoms with Crippen LogP contribution in [0.1, 0.15) is 5.69 Å². The number of nitrogens with zero attached hydrogens (tertiary/aromatic N) is 1. The van der Waals surface area contributed by atoms with Crippen LogP contribution in [0.5, 0.6) is 0 Å². The molecule has 2 rings (SSSR count). The molecule has 0 fully saturated rings. The molecular formula is C11H9ClN2O. The molecule has 1 aromatic carbocycles. The number of hydrogen-bond acceptors (Lipinski definition) is 2. The van der Waals surface area contributed by atoms with Crippen LogP contribution >= 0.6 is 11.6 Å². The summed E-state index contributed by atoms with van der Waals surface area (Å²) < 4.78 is 0. The highest BCUT2D eigenvalue weighted by molar-refractivity contribution is 6.30. The van der Waals surface area contributed by atoms with Crippen molar-refractivity contribution >= 4 is 11.6 Å². The Hall–Kier alpha value is -1.61. The summed E-state index contributed by atoms with van der Waals surface area (Å²) in [5, 5.41) is 0.665. The first-order valence-corrected chi connectivity index (χ1v) is 4.87. The molecule has 15 heavy (non-hydrogen) atoms. The molecule has 1 N–H and O–H groups in total. The van der Waals surface area contributed by atoms with E-state index in [4.69, 9.17) is 11.6 Å². The number of nitrogens with one attached hydrogen (secondary N) is 1. The Labute approximate surface area is 91.8 Å². The molecule has 0 aliphatic carbocycles. The van der Waals surface area contributed by atoms with Gasteiger partial charge in [-0.1, -0.05) is 23.7 Å². The minimum atomic E-state index is -0.335. The highest BCUT2D eigenvalue weighted by Gasteiger charge is 2.03. The molecule has 0 saturated heterocycles. The highest BCUT2D eigenvalue weighted by Crippen LogP contribution is 2.22. The van der Waals surface area contributed by atoms with Gasteiger partial charge in [0.1, 0.15) is 0 Å². The molecule has 0 bridgehead atoms. The Bertz CT molecular complexity index is 548. The third-order valence-electron chi connectivity index (χ3n) is 2.13. The highest BCUT2D eigenvalue weighted by atomic mass is 35.5. The Balaban J connectivity index is 2.59. The molecular weight excluding hydrogens is 212 g/mol. The summed E-state index contributed by atoms with van der Waals surface area (Å²) in [6, 6.07) is 7.43. The van der Waals surface area contributed by atoms with E-state index in [1.54, 1.807) is 19.2 Å². The van der Waals surface area contributed by atoms with Gasteiger partial charge < -0.3 is 4.98 Å². The van der Waals surface area contributed by atoms with Crippen molar-refractivity contribution in [2.24, 2.45) is 0 Å². The number of benzene rings is 1. The third-order valence-corrected chi connectivity index (χ3v) is 2.37. The maximum Gasteiger partial charge on any atom is 0.345 e. The van der Waals surface area contributed by atoms with E-state index in [2.05, 4.69) is 9.97 Å². The first kappa shape index (κ1) is 9.93. The van der Waals surface area contributed by atoms with E-state index >= 15 is 0 Å². The Kier molecular flexibility index (Phi) is 2.56. The van der Waals surface area contributed by atoms with Crippen molar-refractivity contribution in [3.63, 3.8) is 0 Å². The van der Waals surface area contributed by atoms with E-state index < -0.39 is 0 Å². The average molecular weight is 221 g/mol. The minimum absolute atomic E-state index is 0.335. The predicted octanol–water partition coefficient (Wildman–Crippen LogP) is 2.40. The van der Waals surface area contributed by atoms with Gasteiger partial charge in [0, 0.05) is 16.8 Å². The first-order chi connectivity index (χ1) is 7.16. The van der Waals surface area contributed by atoms with Crippen molar-refractivity contribution in [3.8, 4) is 11.1 Å². The minimum Gasteiger partial charge on any atom is -0.312 e. The van der Waals surface area contributed by atoms with Crippen LogP contribution in [-0.4, -0.2) is 9.97 Å². The maximum atomic E-state index is 10.9. The molecule has 0 aliphatic rings.